The van der Waals surface area contributed by atoms with E-state index in [1.54, 1.807) is 0 Å². The Kier molecular flexibility index (Phi) is 13.4. The number of aryl methyl sites for hydroxylation is 1. The van der Waals surface area contributed by atoms with Crippen LogP contribution in [0.4, 0.5) is 0 Å². The van der Waals surface area contributed by atoms with Crippen LogP contribution in [0, 0.1) is 0 Å². The fourth-order valence-electron chi connectivity index (χ4n) is 4.15. The summed E-state index contributed by atoms with van der Waals surface area (Å²) >= 11 is 0. The van der Waals surface area contributed by atoms with Crippen LogP contribution in [0.1, 0.15) is 75.8 Å². The minimum absolute atomic E-state index is 0.140. The van der Waals surface area contributed by atoms with E-state index in [2.05, 4.69) is 57.4 Å². The van der Waals surface area contributed by atoms with Gasteiger partial charge in [0.15, 0.2) is 6.54 Å². The van der Waals surface area contributed by atoms with E-state index in [0.29, 0.717) is 24.2 Å². The maximum absolute atomic E-state index is 12.2. The van der Waals surface area contributed by atoms with Crippen molar-refractivity contribution in [2.75, 3.05) is 33.9 Å². The number of likely N-dealkylation sites (N-methyl/N-ethyl adjacent to an activating group) is 1. The lowest BCUT2D eigenvalue weighted by Gasteiger charge is -2.28. The van der Waals surface area contributed by atoms with Gasteiger partial charge in [-0.05, 0) is 43.4 Å². The molecule has 0 aliphatic carbocycles. The molecule has 0 aliphatic rings. The number of quaternary nitrogens is 1. The van der Waals surface area contributed by atoms with Crippen molar-refractivity contribution >= 4 is 5.97 Å². The molecule has 0 N–H and O–H groups in total. The summed E-state index contributed by atoms with van der Waals surface area (Å²) in [4.78, 5) is 12.2. The van der Waals surface area contributed by atoms with Gasteiger partial charge in [0.1, 0.15) is 12.3 Å². The second kappa shape index (κ2) is 16.3. The Hall–Kier alpha value is -2.33. The first-order chi connectivity index (χ1) is 16.5. The minimum atomic E-state index is -0.140. The van der Waals surface area contributed by atoms with Crippen LogP contribution in [-0.4, -0.2) is 44.3 Å². The highest BCUT2D eigenvalue weighted by atomic mass is 16.5. The van der Waals surface area contributed by atoms with E-state index in [1.807, 2.05) is 18.2 Å². The Balaban J connectivity index is 1.51. The standard InChI is InChI=1S/C30H46NO3/c1-4-5-6-7-8-9-11-16-27-19-21-29(22-20-27)33-23-14-15-24-34-30(32)26-31(2,3)25-28-17-12-10-13-18-28/h10,12-13,17-22H,4-9,11,14-16,23-26H2,1-3H3/q+1. The molecule has 0 bridgehead atoms. The molecule has 2 aromatic carbocycles. The van der Waals surface area contributed by atoms with Crippen molar-refractivity contribution < 1.29 is 18.8 Å². The zero-order valence-corrected chi connectivity index (χ0v) is 21.8. The van der Waals surface area contributed by atoms with Gasteiger partial charge in [-0.3, -0.25) is 0 Å². The fourth-order valence-corrected chi connectivity index (χ4v) is 4.15. The Morgan fingerprint density at radius 1 is 0.735 bits per heavy atom. The average molecular weight is 469 g/mol. The van der Waals surface area contributed by atoms with Crippen LogP contribution >= 0.6 is 0 Å². The summed E-state index contributed by atoms with van der Waals surface area (Å²) in [5, 5.41) is 0. The fraction of sp³-hybridized carbons (Fsp3) is 0.567. The highest BCUT2D eigenvalue weighted by Crippen LogP contribution is 2.16. The van der Waals surface area contributed by atoms with Crippen molar-refractivity contribution in [1.82, 2.24) is 0 Å². The van der Waals surface area contributed by atoms with E-state index in [4.69, 9.17) is 9.47 Å². The van der Waals surface area contributed by atoms with Crippen molar-refractivity contribution in [1.29, 1.82) is 0 Å². The SMILES string of the molecule is CCCCCCCCCc1ccc(OCCCCOC(=O)C[N+](C)(C)Cc2ccccc2)cc1. The van der Waals surface area contributed by atoms with Crippen LogP contribution < -0.4 is 4.74 Å². The summed E-state index contributed by atoms with van der Waals surface area (Å²) in [7, 11) is 4.12. The number of benzene rings is 2. The Morgan fingerprint density at radius 3 is 2.09 bits per heavy atom. The second-order valence-corrected chi connectivity index (χ2v) is 10.0. The van der Waals surface area contributed by atoms with Gasteiger partial charge in [0.2, 0.25) is 0 Å². The second-order valence-electron chi connectivity index (χ2n) is 10.0. The van der Waals surface area contributed by atoms with Crippen LogP contribution in [0.3, 0.4) is 0 Å². The number of carbonyl (C=O) groups excluding carboxylic acids is 1. The molecule has 0 radical (unpaired) electrons. The summed E-state index contributed by atoms with van der Waals surface area (Å²) in [6.07, 6.45) is 12.3. The molecular weight excluding hydrogens is 422 g/mol. The first-order valence-electron chi connectivity index (χ1n) is 13.2. The maximum atomic E-state index is 12.2. The van der Waals surface area contributed by atoms with E-state index in [1.165, 1.54) is 56.1 Å². The molecule has 4 nitrogen and oxygen atoms in total. The molecule has 0 aliphatic heterocycles. The number of unbranched alkanes of at least 4 members (excludes halogenated alkanes) is 7. The summed E-state index contributed by atoms with van der Waals surface area (Å²) in [5.74, 6) is 0.777. The van der Waals surface area contributed by atoms with Gasteiger partial charge in [0.25, 0.3) is 0 Å². The van der Waals surface area contributed by atoms with Gasteiger partial charge in [-0.2, -0.15) is 0 Å². The third-order valence-electron chi connectivity index (χ3n) is 6.07. The number of ether oxygens (including phenoxy) is 2. The first-order valence-corrected chi connectivity index (χ1v) is 13.2. The van der Waals surface area contributed by atoms with Gasteiger partial charge < -0.3 is 14.0 Å². The van der Waals surface area contributed by atoms with Gasteiger partial charge in [0.05, 0.1) is 27.3 Å². The summed E-state index contributed by atoms with van der Waals surface area (Å²) in [6.45, 7) is 4.54. The molecule has 34 heavy (non-hydrogen) atoms. The topological polar surface area (TPSA) is 35.5 Å². The number of esters is 1. The van der Waals surface area contributed by atoms with Crippen molar-refractivity contribution in [3.8, 4) is 5.75 Å². The van der Waals surface area contributed by atoms with E-state index in [9.17, 15) is 4.79 Å². The first kappa shape index (κ1) is 27.9. The zero-order valence-electron chi connectivity index (χ0n) is 21.8. The highest BCUT2D eigenvalue weighted by molar-refractivity contribution is 5.70. The number of nitrogens with zero attached hydrogens (tertiary/aromatic N) is 1. The molecule has 4 heteroatoms. The molecule has 2 rings (SSSR count). The van der Waals surface area contributed by atoms with Gasteiger partial charge in [0, 0.05) is 5.56 Å². The molecule has 0 fully saturated rings. The predicted molar refractivity (Wildman–Crippen MR) is 141 cm³/mol. The molecule has 0 spiro atoms. The number of hydrogen-bond donors (Lipinski definition) is 0. The molecule has 2 aromatic rings. The molecule has 0 saturated heterocycles. The van der Waals surface area contributed by atoms with Gasteiger partial charge >= 0.3 is 5.97 Å². The lowest BCUT2D eigenvalue weighted by molar-refractivity contribution is -0.896. The van der Waals surface area contributed by atoms with Crippen LogP contribution in [0.15, 0.2) is 54.6 Å². The summed E-state index contributed by atoms with van der Waals surface area (Å²) in [5.41, 5.74) is 2.62. The number of carbonyl (C=O) groups is 1. The molecule has 0 saturated carbocycles. The molecular formula is C30H46NO3+. The normalized spacial score (nSPS) is 11.4. The van der Waals surface area contributed by atoms with Gasteiger partial charge in [-0.15, -0.1) is 0 Å². The minimum Gasteiger partial charge on any atom is -0.494 e. The third kappa shape index (κ3) is 12.8. The monoisotopic (exact) mass is 468 g/mol. The van der Waals surface area contributed by atoms with E-state index in [-0.39, 0.29) is 5.97 Å². The molecule has 0 aromatic heterocycles. The lowest BCUT2D eigenvalue weighted by atomic mass is 10.0. The van der Waals surface area contributed by atoms with Crippen LogP contribution in [0.25, 0.3) is 0 Å². The van der Waals surface area contributed by atoms with Crippen molar-refractivity contribution in [3.63, 3.8) is 0 Å². The van der Waals surface area contributed by atoms with Gasteiger partial charge in [-0.1, -0.05) is 87.9 Å². The van der Waals surface area contributed by atoms with Gasteiger partial charge in [-0.25, -0.2) is 4.79 Å². The van der Waals surface area contributed by atoms with Crippen molar-refractivity contribution in [3.05, 3.63) is 65.7 Å². The van der Waals surface area contributed by atoms with E-state index >= 15 is 0 Å². The maximum Gasteiger partial charge on any atom is 0.361 e. The van der Waals surface area contributed by atoms with Crippen molar-refractivity contribution in [2.24, 2.45) is 0 Å². The number of rotatable bonds is 18. The molecule has 0 atom stereocenters. The third-order valence-corrected chi connectivity index (χ3v) is 6.07. The van der Waals surface area contributed by atoms with Crippen LogP contribution in [-0.2, 0) is 22.5 Å². The Bertz CT molecular complexity index is 786. The molecule has 0 unspecified atom stereocenters. The zero-order chi connectivity index (χ0) is 24.5. The Morgan fingerprint density at radius 2 is 1.38 bits per heavy atom. The predicted octanol–water partition coefficient (Wildman–Crippen LogP) is 6.96. The average Bonchev–Trinajstić information content (AvgIpc) is 2.81. The lowest BCUT2D eigenvalue weighted by Crippen LogP contribution is -2.43. The molecule has 0 heterocycles. The van der Waals surface area contributed by atoms with Crippen LogP contribution in [0.2, 0.25) is 0 Å². The quantitative estimate of drug-likeness (QED) is 0.135. The van der Waals surface area contributed by atoms with E-state index < -0.39 is 0 Å². The highest BCUT2D eigenvalue weighted by Gasteiger charge is 2.21. The summed E-state index contributed by atoms with van der Waals surface area (Å²) in [6, 6.07) is 18.8. The van der Waals surface area contributed by atoms with E-state index in [0.717, 1.165) is 31.6 Å². The Labute approximate surface area is 207 Å². The number of hydrogen-bond acceptors (Lipinski definition) is 3. The summed E-state index contributed by atoms with van der Waals surface area (Å²) < 4.78 is 11.9. The largest absolute Gasteiger partial charge is 0.494 e. The van der Waals surface area contributed by atoms with Crippen molar-refractivity contribution in [2.45, 2.75) is 77.7 Å². The smallest absolute Gasteiger partial charge is 0.361 e. The molecule has 188 valence electrons. The van der Waals surface area contributed by atoms with Crippen LogP contribution in [0.5, 0.6) is 5.75 Å². The molecule has 0 amide bonds.